The third kappa shape index (κ3) is 5.67. The molecule has 33 heavy (non-hydrogen) atoms. The van der Waals surface area contributed by atoms with Crippen molar-refractivity contribution in [2.75, 3.05) is 34.5 Å². The number of para-hydroxylation sites is 2. The Bertz CT molecular complexity index is 891. The summed E-state index contributed by atoms with van der Waals surface area (Å²) in [7, 11) is 4.26. The van der Waals surface area contributed by atoms with Crippen LogP contribution in [0.25, 0.3) is 0 Å². The number of phenolic OH excluding ortho intramolecular Hbond substituents is 1. The maximum Gasteiger partial charge on any atom is 0.185 e. The summed E-state index contributed by atoms with van der Waals surface area (Å²) < 4.78 is 33.2. The summed E-state index contributed by atoms with van der Waals surface area (Å²) in [6.45, 7) is -0.534. The zero-order valence-corrected chi connectivity index (χ0v) is 18.7. The highest BCUT2D eigenvalue weighted by Crippen LogP contribution is 2.36. The third-order valence-corrected chi connectivity index (χ3v) is 5.39. The number of aliphatic hydroxyl groups is 3. The number of hydrogen-bond donors (Lipinski definition) is 4. The van der Waals surface area contributed by atoms with Crippen LogP contribution in [0.5, 0.6) is 23.0 Å². The average molecular weight is 466 g/mol. The molecule has 10 heteroatoms. The molecule has 182 valence electrons. The molecule has 3 rings (SSSR count). The van der Waals surface area contributed by atoms with Gasteiger partial charge in [-0.1, -0.05) is 18.2 Å². The van der Waals surface area contributed by atoms with E-state index >= 15 is 0 Å². The molecular weight excluding hydrogens is 436 g/mol. The number of hydrogen-bond acceptors (Lipinski definition) is 10. The third-order valence-electron chi connectivity index (χ3n) is 5.39. The summed E-state index contributed by atoms with van der Waals surface area (Å²) in [6.07, 6.45) is -6.54. The van der Waals surface area contributed by atoms with Gasteiger partial charge in [-0.05, 0) is 29.8 Å². The highest BCUT2D eigenvalue weighted by atomic mass is 16.7. The largest absolute Gasteiger partial charge is 0.504 e. The first-order valence-electron chi connectivity index (χ1n) is 10.4. The molecule has 0 bridgehead atoms. The minimum Gasteiger partial charge on any atom is -0.504 e. The molecule has 1 aliphatic heterocycles. The zero-order valence-electron chi connectivity index (χ0n) is 18.7. The SMILES string of the molecule is COc1cc(C(O[C@@H]2CO[C@@H](OC)[C@H](O)[C@H]2O)C(CO)Oc2ccccc2OC)ccc1O. The number of phenols is 1. The van der Waals surface area contributed by atoms with E-state index < -0.39 is 43.4 Å². The van der Waals surface area contributed by atoms with Crippen LogP contribution in [-0.2, 0) is 14.2 Å². The molecule has 1 heterocycles. The molecule has 1 saturated heterocycles. The van der Waals surface area contributed by atoms with Gasteiger partial charge in [0.25, 0.3) is 0 Å². The molecule has 2 unspecified atom stereocenters. The molecule has 0 aliphatic carbocycles. The molecule has 2 aromatic rings. The first-order valence-corrected chi connectivity index (χ1v) is 10.4. The van der Waals surface area contributed by atoms with Gasteiger partial charge in [0, 0.05) is 7.11 Å². The summed E-state index contributed by atoms with van der Waals surface area (Å²) in [5.41, 5.74) is 0.495. The van der Waals surface area contributed by atoms with Crippen LogP contribution >= 0.6 is 0 Å². The second kappa shape index (κ2) is 11.5. The van der Waals surface area contributed by atoms with E-state index in [0.717, 1.165) is 0 Å². The van der Waals surface area contributed by atoms with Crippen molar-refractivity contribution in [3.8, 4) is 23.0 Å². The van der Waals surface area contributed by atoms with Crippen LogP contribution in [0.15, 0.2) is 42.5 Å². The standard InChI is InChI=1S/C23H30O10/c1-28-15-6-4-5-7-16(15)32-18(11-24)22(13-8-9-14(25)17(10-13)29-2)33-19-12-31-23(30-3)21(27)20(19)26/h4-10,18-27H,11-12H2,1-3H3/t18?,19-,20+,21-,22?,23-/m1/s1. The maximum absolute atomic E-state index is 10.6. The Balaban J connectivity index is 1.94. The van der Waals surface area contributed by atoms with Gasteiger partial charge in [-0.2, -0.15) is 0 Å². The number of methoxy groups -OCH3 is 3. The lowest BCUT2D eigenvalue weighted by atomic mass is 10.0. The topological polar surface area (TPSA) is 136 Å². The summed E-state index contributed by atoms with van der Waals surface area (Å²) in [5.74, 6) is 0.941. The fraction of sp³-hybridized carbons (Fsp3) is 0.478. The maximum atomic E-state index is 10.6. The first kappa shape index (κ1) is 25.0. The van der Waals surface area contributed by atoms with Gasteiger partial charge in [0.2, 0.25) is 0 Å². The predicted octanol–water partition coefficient (Wildman–Crippen LogP) is 1.00. The van der Waals surface area contributed by atoms with Gasteiger partial charge < -0.3 is 48.8 Å². The fourth-order valence-electron chi connectivity index (χ4n) is 3.61. The van der Waals surface area contributed by atoms with E-state index in [-0.39, 0.29) is 18.1 Å². The Morgan fingerprint density at radius 2 is 1.67 bits per heavy atom. The van der Waals surface area contributed by atoms with Gasteiger partial charge >= 0.3 is 0 Å². The van der Waals surface area contributed by atoms with Gasteiger partial charge in [-0.15, -0.1) is 0 Å². The molecule has 0 spiro atoms. The lowest BCUT2D eigenvalue weighted by Gasteiger charge is -2.39. The molecular formula is C23H30O10. The molecule has 6 atom stereocenters. The van der Waals surface area contributed by atoms with E-state index in [0.29, 0.717) is 17.1 Å². The smallest absolute Gasteiger partial charge is 0.185 e. The van der Waals surface area contributed by atoms with Crippen molar-refractivity contribution in [1.82, 2.24) is 0 Å². The van der Waals surface area contributed by atoms with Crippen molar-refractivity contribution in [3.05, 3.63) is 48.0 Å². The molecule has 10 nitrogen and oxygen atoms in total. The van der Waals surface area contributed by atoms with Crippen LogP contribution in [0.4, 0.5) is 0 Å². The Kier molecular flexibility index (Phi) is 8.73. The number of aliphatic hydroxyl groups excluding tert-OH is 3. The minimum atomic E-state index is -1.34. The Morgan fingerprint density at radius 1 is 0.970 bits per heavy atom. The van der Waals surface area contributed by atoms with Crippen LogP contribution in [0.2, 0.25) is 0 Å². The Morgan fingerprint density at radius 3 is 2.30 bits per heavy atom. The van der Waals surface area contributed by atoms with Crippen LogP contribution in [0.3, 0.4) is 0 Å². The lowest BCUT2D eigenvalue weighted by Crippen LogP contribution is -2.55. The quantitative estimate of drug-likeness (QED) is 0.401. The lowest BCUT2D eigenvalue weighted by molar-refractivity contribution is -0.279. The van der Waals surface area contributed by atoms with E-state index in [1.54, 1.807) is 36.4 Å². The van der Waals surface area contributed by atoms with Gasteiger partial charge in [0.1, 0.15) is 24.4 Å². The molecule has 4 N–H and O–H groups in total. The minimum absolute atomic E-state index is 0.0741. The van der Waals surface area contributed by atoms with Crippen molar-refractivity contribution < 1.29 is 48.8 Å². The van der Waals surface area contributed by atoms with Gasteiger partial charge in [0.05, 0.1) is 27.4 Å². The highest BCUT2D eigenvalue weighted by Gasteiger charge is 2.42. The van der Waals surface area contributed by atoms with Crippen molar-refractivity contribution >= 4 is 0 Å². The van der Waals surface area contributed by atoms with Gasteiger partial charge in [-0.25, -0.2) is 0 Å². The average Bonchev–Trinajstić information content (AvgIpc) is 2.84. The van der Waals surface area contributed by atoms with Crippen molar-refractivity contribution in [3.63, 3.8) is 0 Å². The fourth-order valence-corrected chi connectivity index (χ4v) is 3.61. The molecule has 0 radical (unpaired) electrons. The van der Waals surface area contributed by atoms with Crippen LogP contribution in [0, 0.1) is 0 Å². The van der Waals surface area contributed by atoms with E-state index in [1.165, 1.54) is 27.4 Å². The van der Waals surface area contributed by atoms with Crippen LogP contribution in [-0.4, -0.2) is 85.7 Å². The van der Waals surface area contributed by atoms with E-state index in [9.17, 15) is 20.4 Å². The van der Waals surface area contributed by atoms with E-state index in [1.807, 2.05) is 0 Å². The Labute approximate surface area is 191 Å². The van der Waals surface area contributed by atoms with Crippen molar-refractivity contribution in [2.45, 2.75) is 36.8 Å². The number of rotatable bonds is 10. The first-order chi connectivity index (χ1) is 15.9. The Hall–Kier alpha value is -2.60. The molecule has 1 fully saturated rings. The highest BCUT2D eigenvalue weighted by molar-refractivity contribution is 5.43. The second-order valence-corrected chi connectivity index (χ2v) is 7.43. The van der Waals surface area contributed by atoms with E-state index in [4.69, 9.17) is 28.4 Å². The van der Waals surface area contributed by atoms with Crippen molar-refractivity contribution in [2.24, 2.45) is 0 Å². The molecule has 2 aromatic carbocycles. The predicted molar refractivity (Wildman–Crippen MR) is 116 cm³/mol. The summed E-state index contributed by atoms with van der Waals surface area (Å²) in [6, 6.07) is 11.5. The van der Waals surface area contributed by atoms with Gasteiger partial charge in [0.15, 0.2) is 35.4 Å². The molecule has 0 aromatic heterocycles. The van der Waals surface area contributed by atoms with Crippen LogP contribution in [0.1, 0.15) is 11.7 Å². The number of ether oxygens (including phenoxy) is 6. The van der Waals surface area contributed by atoms with Crippen molar-refractivity contribution in [1.29, 1.82) is 0 Å². The van der Waals surface area contributed by atoms with E-state index in [2.05, 4.69) is 0 Å². The molecule has 0 amide bonds. The summed E-state index contributed by atoms with van der Waals surface area (Å²) in [4.78, 5) is 0. The van der Waals surface area contributed by atoms with Crippen LogP contribution < -0.4 is 14.2 Å². The zero-order chi connectivity index (χ0) is 24.0. The van der Waals surface area contributed by atoms with Gasteiger partial charge in [-0.3, -0.25) is 0 Å². The molecule has 1 aliphatic rings. The number of benzene rings is 2. The molecule has 0 saturated carbocycles. The number of aromatic hydroxyl groups is 1. The normalized spacial score (nSPS) is 24.7. The monoisotopic (exact) mass is 466 g/mol. The summed E-state index contributed by atoms with van der Waals surface area (Å²) in [5, 5.41) is 41.1. The summed E-state index contributed by atoms with van der Waals surface area (Å²) >= 11 is 0. The second-order valence-electron chi connectivity index (χ2n) is 7.43.